The van der Waals surface area contributed by atoms with Crippen molar-refractivity contribution in [1.29, 1.82) is 0 Å². The second kappa shape index (κ2) is 4.85. The predicted molar refractivity (Wildman–Crippen MR) is 66.5 cm³/mol. The summed E-state index contributed by atoms with van der Waals surface area (Å²) < 4.78 is 13.1. The zero-order valence-corrected chi connectivity index (χ0v) is 10.3. The van der Waals surface area contributed by atoms with Crippen LogP contribution in [0.15, 0.2) is 24.3 Å². The van der Waals surface area contributed by atoms with E-state index in [2.05, 4.69) is 15.3 Å². The van der Waals surface area contributed by atoms with E-state index in [-0.39, 0.29) is 22.1 Å². The first-order valence-corrected chi connectivity index (χ1v) is 5.53. The Morgan fingerprint density at radius 3 is 2.41 bits per heavy atom. The molecule has 3 nitrogen and oxygen atoms in total. The van der Waals surface area contributed by atoms with Gasteiger partial charge in [-0.05, 0) is 24.6 Å². The Bertz CT molecular complexity index is 540. The van der Waals surface area contributed by atoms with Crippen molar-refractivity contribution >= 4 is 34.8 Å². The summed E-state index contributed by atoms with van der Waals surface area (Å²) >= 11 is 11.5. The van der Waals surface area contributed by atoms with Crippen molar-refractivity contribution in [2.75, 3.05) is 5.32 Å². The minimum Gasteiger partial charge on any atom is -0.324 e. The van der Waals surface area contributed by atoms with E-state index in [1.54, 1.807) is 6.07 Å². The summed E-state index contributed by atoms with van der Waals surface area (Å²) in [4.78, 5) is 7.87. The monoisotopic (exact) mass is 271 g/mol. The van der Waals surface area contributed by atoms with Crippen LogP contribution in [0.25, 0.3) is 0 Å². The lowest BCUT2D eigenvalue weighted by molar-refractivity contribution is 0.628. The van der Waals surface area contributed by atoms with Gasteiger partial charge in [0, 0.05) is 11.8 Å². The van der Waals surface area contributed by atoms with Crippen molar-refractivity contribution < 1.29 is 4.39 Å². The van der Waals surface area contributed by atoms with Gasteiger partial charge in [-0.25, -0.2) is 14.4 Å². The minimum absolute atomic E-state index is 0.224. The summed E-state index contributed by atoms with van der Waals surface area (Å²) in [5.41, 5.74) is 1.44. The average Bonchev–Trinajstić information content (AvgIpc) is 2.22. The molecule has 0 atom stereocenters. The summed E-state index contributed by atoms with van der Waals surface area (Å²) in [5.74, 6) is -0.109. The van der Waals surface area contributed by atoms with Crippen LogP contribution in [0, 0.1) is 12.7 Å². The minimum atomic E-state index is -0.341. The van der Waals surface area contributed by atoms with Crippen LogP contribution >= 0.6 is 23.2 Å². The molecule has 1 aromatic heterocycles. The molecule has 0 fully saturated rings. The quantitative estimate of drug-likeness (QED) is 0.840. The molecule has 0 radical (unpaired) electrons. The first kappa shape index (κ1) is 12.1. The van der Waals surface area contributed by atoms with Gasteiger partial charge in [0.2, 0.25) is 5.95 Å². The topological polar surface area (TPSA) is 37.8 Å². The summed E-state index contributed by atoms with van der Waals surface area (Å²) in [7, 11) is 0. The smallest absolute Gasteiger partial charge is 0.230 e. The van der Waals surface area contributed by atoms with Gasteiger partial charge in [0.25, 0.3) is 0 Å². The van der Waals surface area contributed by atoms with Gasteiger partial charge < -0.3 is 5.32 Å². The molecule has 0 amide bonds. The zero-order valence-electron chi connectivity index (χ0n) is 8.84. The molecule has 6 heteroatoms. The second-order valence-electron chi connectivity index (χ2n) is 3.42. The fraction of sp³-hybridized carbons (Fsp3) is 0.0909. The SMILES string of the molecule is Cc1ccc(F)cc1Nc1nc(Cl)cc(Cl)n1. The van der Waals surface area contributed by atoms with Gasteiger partial charge in [-0.3, -0.25) is 0 Å². The van der Waals surface area contributed by atoms with Crippen molar-refractivity contribution in [3.8, 4) is 0 Å². The van der Waals surface area contributed by atoms with Gasteiger partial charge in [0.05, 0.1) is 0 Å². The van der Waals surface area contributed by atoms with Gasteiger partial charge in [0.15, 0.2) is 0 Å². The van der Waals surface area contributed by atoms with Crippen LogP contribution in [-0.4, -0.2) is 9.97 Å². The fourth-order valence-corrected chi connectivity index (χ4v) is 1.72. The van der Waals surface area contributed by atoms with Gasteiger partial charge in [-0.15, -0.1) is 0 Å². The van der Waals surface area contributed by atoms with Crippen LogP contribution < -0.4 is 5.32 Å². The molecule has 1 N–H and O–H groups in total. The third-order valence-electron chi connectivity index (χ3n) is 2.11. The number of aryl methyl sites for hydroxylation is 1. The molecular weight excluding hydrogens is 264 g/mol. The third-order valence-corrected chi connectivity index (χ3v) is 2.50. The maximum atomic E-state index is 13.1. The van der Waals surface area contributed by atoms with E-state index in [0.29, 0.717) is 5.69 Å². The molecular formula is C11H8Cl2FN3. The first-order chi connectivity index (χ1) is 8.04. The number of anilines is 2. The normalized spacial score (nSPS) is 10.4. The number of hydrogen-bond acceptors (Lipinski definition) is 3. The van der Waals surface area contributed by atoms with Gasteiger partial charge in [-0.2, -0.15) is 0 Å². The summed E-state index contributed by atoms with van der Waals surface area (Å²) in [6.07, 6.45) is 0. The zero-order chi connectivity index (χ0) is 12.4. The molecule has 2 aromatic rings. The Morgan fingerprint density at radius 2 is 1.76 bits per heavy atom. The van der Waals surface area contributed by atoms with Crippen LogP contribution in [0.2, 0.25) is 10.3 Å². The average molecular weight is 272 g/mol. The van der Waals surface area contributed by atoms with Gasteiger partial charge >= 0.3 is 0 Å². The lowest BCUT2D eigenvalue weighted by Gasteiger charge is -2.08. The van der Waals surface area contributed by atoms with E-state index < -0.39 is 0 Å². The molecule has 0 spiro atoms. The van der Waals surface area contributed by atoms with Crippen LogP contribution in [-0.2, 0) is 0 Å². The van der Waals surface area contributed by atoms with Gasteiger partial charge in [-0.1, -0.05) is 29.3 Å². The molecule has 0 bridgehead atoms. The number of nitrogens with zero attached hydrogens (tertiary/aromatic N) is 2. The first-order valence-electron chi connectivity index (χ1n) is 4.78. The molecule has 0 unspecified atom stereocenters. The Morgan fingerprint density at radius 1 is 1.12 bits per heavy atom. The molecule has 0 saturated heterocycles. The molecule has 1 heterocycles. The van der Waals surface area contributed by atoms with Crippen LogP contribution in [0.4, 0.5) is 16.0 Å². The van der Waals surface area contributed by atoms with Gasteiger partial charge in [0.1, 0.15) is 16.1 Å². The molecule has 17 heavy (non-hydrogen) atoms. The number of benzene rings is 1. The van der Waals surface area contributed by atoms with Crippen LogP contribution in [0.3, 0.4) is 0 Å². The molecule has 0 aliphatic carbocycles. The maximum Gasteiger partial charge on any atom is 0.230 e. The molecule has 88 valence electrons. The summed E-state index contributed by atoms with van der Waals surface area (Å²) in [6, 6.07) is 5.82. The van der Waals surface area contributed by atoms with E-state index in [9.17, 15) is 4.39 Å². The van der Waals surface area contributed by atoms with E-state index in [1.165, 1.54) is 18.2 Å². The van der Waals surface area contributed by atoms with E-state index >= 15 is 0 Å². The van der Waals surface area contributed by atoms with E-state index in [4.69, 9.17) is 23.2 Å². The van der Waals surface area contributed by atoms with Crippen LogP contribution in [0.5, 0.6) is 0 Å². The standard InChI is InChI=1S/C11H8Cl2FN3/c1-6-2-3-7(14)4-8(6)15-11-16-9(12)5-10(13)17-11/h2-5H,1H3,(H,15,16,17). The highest BCUT2D eigenvalue weighted by atomic mass is 35.5. The molecule has 0 aliphatic heterocycles. The second-order valence-corrected chi connectivity index (χ2v) is 4.20. The third kappa shape index (κ3) is 3.05. The lowest BCUT2D eigenvalue weighted by Crippen LogP contribution is -1.99. The predicted octanol–water partition coefficient (Wildman–Crippen LogP) is 3.97. The molecule has 2 rings (SSSR count). The fourth-order valence-electron chi connectivity index (χ4n) is 1.30. The molecule has 0 aliphatic rings. The molecule has 1 aromatic carbocycles. The molecule has 0 saturated carbocycles. The Labute approximate surface area is 108 Å². The largest absolute Gasteiger partial charge is 0.324 e. The van der Waals surface area contributed by atoms with E-state index in [1.807, 2.05) is 6.92 Å². The van der Waals surface area contributed by atoms with E-state index in [0.717, 1.165) is 5.56 Å². The highest BCUT2D eigenvalue weighted by Crippen LogP contribution is 2.21. The number of rotatable bonds is 2. The van der Waals surface area contributed by atoms with Crippen molar-refractivity contribution in [3.05, 3.63) is 46.0 Å². The number of hydrogen-bond donors (Lipinski definition) is 1. The van der Waals surface area contributed by atoms with Crippen molar-refractivity contribution in [2.45, 2.75) is 6.92 Å². The summed E-state index contributed by atoms with van der Waals surface area (Å²) in [6.45, 7) is 1.84. The lowest BCUT2D eigenvalue weighted by atomic mass is 10.2. The van der Waals surface area contributed by atoms with Crippen molar-refractivity contribution in [3.63, 3.8) is 0 Å². The number of halogens is 3. The van der Waals surface area contributed by atoms with Crippen molar-refractivity contribution in [1.82, 2.24) is 9.97 Å². The Balaban J connectivity index is 2.34. The number of nitrogens with one attached hydrogen (secondary N) is 1. The Kier molecular flexibility index (Phi) is 3.45. The highest BCUT2D eigenvalue weighted by molar-refractivity contribution is 6.33. The van der Waals surface area contributed by atoms with Crippen LogP contribution in [0.1, 0.15) is 5.56 Å². The highest BCUT2D eigenvalue weighted by Gasteiger charge is 2.05. The Hall–Kier alpha value is -1.39. The van der Waals surface area contributed by atoms with Crippen molar-refractivity contribution in [2.24, 2.45) is 0 Å². The summed E-state index contributed by atoms with van der Waals surface area (Å²) in [5, 5.41) is 3.31. The maximum absolute atomic E-state index is 13.1. The number of aromatic nitrogens is 2.